The summed E-state index contributed by atoms with van der Waals surface area (Å²) in [4.78, 5) is 11.3. The molecule has 1 unspecified atom stereocenters. The Morgan fingerprint density at radius 2 is 2.11 bits per heavy atom. The number of halogens is 1. The van der Waals surface area contributed by atoms with Crippen LogP contribution in [0.3, 0.4) is 0 Å². The number of carbonyl (C=O) groups is 1. The van der Waals surface area contributed by atoms with E-state index in [4.69, 9.17) is 11.6 Å². The third-order valence-electron chi connectivity index (χ3n) is 2.93. The first-order valence-electron chi connectivity index (χ1n) is 5.97. The number of methoxy groups -OCH3 is 1. The van der Waals surface area contributed by atoms with E-state index >= 15 is 0 Å². The number of nitrogens with zero attached hydrogens (tertiary/aromatic N) is 2. The van der Waals surface area contributed by atoms with Gasteiger partial charge in [-0.25, -0.2) is 4.79 Å². The van der Waals surface area contributed by atoms with Crippen LogP contribution in [0.2, 0.25) is 5.02 Å². The van der Waals surface area contributed by atoms with Crippen molar-refractivity contribution in [1.82, 2.24) is 9.78 Å². The van der Waals surface area contributed by atoms with E-state index < -0.39 is 0 Å². The molecule has 0 aliphatic rings. The molecule has 2 aromatic rings. The number of ether oxygens (including phenoxy) is 1. The Labute approximate surface area is 116 Å². The summed E-state index contributed by atoms with van der Waals surface area (Å²) < 4.78 is 6.49. The molecule has 1 aromatic heterocycles. The van der Waals surface area contributed by atoms with E-state index in [2.05, 4.69) is 16.8 Å². The van der Waals surface area contributed by atoms with Crippen molar-refractivity contribution in [2.75, 3.05) is 7.11 Å². The van der Waals surface area contributed by atoms with Crippen molar-refractivity contribution in [3.8, 4) is 0 Å². The number of rotatable bonds is 4. The predicted octanol–water partition coefficient (Wildman–Crippen LogP) is 3.13. The fourth-order valence-corrected chi connectivity index (χ4v) is 2.03. The molecule has 0 bridgehead atoms. The smallest absolute Gasteiger partial charge is 0.337 e. The highest BCUT2D eigenvalue weighted by atomic mass is 35.5. The van der Waals surface area contributed by atoms with Crippen LogP contribution in [0.25, 0.3) is 0 Å². The van der Waals surface area contributed by atoms with Crippen LogP contribution < -0.4 is 0 Å². The number of hydrogen-bond donors (Lipinski definition) is 0. The van der Waals surface area contributed by atoms with Gasteiger partial charge in [0.15, 0.2) is 0 Å². The standard InChI is InChI=1S/C14H15ClN2O2/c1-10(17-9-13(15)8-16-17)7-11-3-5-12(6-4-11)14(18)19-2/h3-6,8-10H,7H2,1-2H3. The van der Waals surface area contributed by atoms with Crippen molar-refractivity contribution in [3.05, 3.63) is 52.8 Å². The Balaban J connectivity index is 2.05. The van der Waals surface area contributed by atoms with Crippen LogP contribution in [-0.4, -0.2) is 22.9 Å². The summed E-state index contributed by atoms with van der Waals surface area (Å²) in [6, 6.07) is 7.59. The molecule has 0 radical (unpaired) electrons. The van der Waals surface area contributed by atoms with Crippen molar-refractivity contribution in [1.29, 1.82) is 0 Å². The van der Waals surface area contributed by atoms with Crippen molar-refractivity contribution in [2.24, 2.45) is 0 Å². The van der Waals surface area contributed by atoms with Crippen LogP contribution in [-0.2, 0) is 11.2 Å². The number of benzene rings is 1. The van der Waals surface area contributed by atoms with E-state index in [1.807, 2.05) is 16.8 Å². The summed E-state index contributed by atoms with van der Waals surface area (Å²) >= 11 is 5.84. The fraction of sp³-hybridized carbons (Fsp3) is 0.286. The van der Waals surface area contributed by atoms with Crippen LogP contribution in [0, 0.1) is 0 Å². The second kappa shape index (κ2) is 5.89. The summed E-state index contributed by atoms with van der Waals surface area (Å²) in [5, 5.41) is 4.81. The molecule has 0 aliphatic heterocycles. The molecule has 19 heavy (non-hydrogen) atoms. The number of carbonyl (C=O) groups excluding carboxylic acids is 1. The lowest BCUT2D eigenvalue weighted by atomic mass is 10.1. The molecule has 0 amide bonds. The molecule has 100 valence electrons. The number of aromatic nitrogens is 2. The van der Waals surface area contributed by atoms with Crippen molar-refractivity contribution >= 4 is 17.6 Å². The molecule has 1 atom stereocenters. The predicted molar refractivity (Wildman–Crippen MR) is 73.4 cm³/mol. The van der Waals surface area contributed by atoms with E-state index in [9.17, 15) is 4.79 Å². The number of hydrogen-bond acceptors (Lipinski definition) is 3. The minimum Gasteiger partial charge on any atom is -0.465 e. The van der Waals surface area contributed by atoms with Gasteiger partial charge in [-0.15, -0.1) is 0 Å². The Kier molecular flexibility index (Phi) is 4.22. The monoisotopic (exact) mass is 278 g/mol. The summed E-state index contributed by atoms with van der Waals surface area (Å²) in [5.41, 5.74) is 1.69. The Morgan fingerprint density at radius 1 is 1.42 bits per heavy atom. The van der Waals surface area contributed by atoms with E-state index in [-0.39, 0.29) is 12.0 Å². The largest absolute Gasteiger partial charge is 0.465 e. The van der Waals surface area contributed by atoms with Gasteiger partial charge in [-0.2, -0.15) is 5.10 Å². The quantitative estimate of drug-likeness (QED) is 0.807. The Hall–Kier alpha value is -1.81. The fourth-order valence-electron chi connectivity index (χ4n) is 1.89. The Bertz CT molecular complexity index is 563. The topological polar surface area (TPSA) is 44.1 Å². The molecular formula is C14H15ClN2O2. The highest BCUT2D eigenvalue weighted by molar-refractivity contribution is 6.30. The van der Waals surface area contributed by atoms with Gasteiger partial charge in [0.05, 0.1) is 29.9 Å². The van der Waals surface area contributed by atoms with Gasteiger partial charge in [0, 0.05) is 6.20 Å². The van der Waals surface area contributed by atoms with Crippen LogP contribution in [0.5, 0.6) is 0 Å². The first kappa shape index (κ1) is 13.6. The maximum absolute atomic E-state index is 11.3. The zero-order valence-corrected chi connectivity index (χ0v) is 11.6. The molecule has 0 saturated carbocycles. The molecule has 1 heterocycles. The third-order valence-corrected chi connectivity index (χ3v) is 3.12. The van der Waals surface area contributed by atoms with E-state index in [0.29, 0.717) is 10.6 Å². The van der Waals surface area contributed by atoms with E-state index in [1.54, 1.807) is 24.5 Å². The molecule has 5 heteroatoms. The first-order valence-corrected chi connectivity index (χ1v) is 6.35. The van der Waals surface area contributed by atoms with Crippen molar-refractivity contribution < 1.29 is 9.53 Å². The van der Waals surface area contributed by atoms with Crippen LogP contribution >= 0.6 is 11.6 Å². The van der Waals surface area contributed by atoms with Crippen molar-refractivity contribution in [3.63, 3.8) is 0 Å². The van der Waals surface area contributed by atoms with E-state index in [0.717, 1.165) is 12.0 Å². The maximum Gasteiger partial charge on any atom is 0.337 e. The zero-order valence-electron chi connectivity index (χ0n) is 10.8. The van der Waals surface area contributed by atoms with Gasteiger partial charge >= 0.3 is 5.97 Å². The third kappa shape index (κ3) is 3.35. The second-order valence-electron chi connectivity index (χ2n) is 4.38. The van der Waals surface area contributed by atoms with Crippen LogP contribution in [0.1, 0.15) is 28.9 Å². The van der Waals surface area contributed by atoms with Gasteiger partial charge in [0.25, 0.3) is 0 Å². The molecule has 1 aromatic carbocycles. The van der Waals surface area contributed by atoms with Crippen molar-refractivity contribution in [2.45, 2.75) is 19.4 Å². The summed E-state index contributed by atoms with van der Waals surface area (Å²) in [5.74, 6) is -0.321. The molecule has 0 N–H and O–H groups in total. The molecule has 4 nitrogen and oxygen atoms in total. The maximum atomic E-state index is 11.3. The molecule has 0 aliphatic carbocycles. The molecule has 0 spiro atoms. The summed E-state index contributed by atoms with van der Waals surface area (Å²) in [7, 11) is 1.37. The molecule has 0 saturated heterocycles. The van der Waals surface area contributed by atoms with Gasteiger partial charge in [0.2, 0.25) is 0 Å². The minimum atomic E-state index is -0.321. The summed E-state index contributed by atoms with van der Waals surface area (Å²) in [6.45, 7) is 2.07. The van der Waals surface area contributed by atoms with Gasteiger partial charge < -0.3 is 4.74 Å². The molecule has 0 fully saturated rings. The average molecular weight is 279 g/mol. The molecular weight excluding hydrogens is 264 g/mol. The SMILES string of the molecule is COC(=O)c1ccc(CC(C)n2cc(Cl)cn2)cc1. The minimum absolute atomic E-state index is 0.205. The van der Waals surface area contributed by atoms with E-state index in [1.165, 1.54) is 7.11 Å². The number of esters is 1. The highest BCUT2D eigenvalue weighted by Crippen LogP contribution is 2.16. The van der Waals surface area contributed by atoms with Gasteiger partial charge in [-0.3, -0.25) is 4.68 Å². The van der Waals surface area contributed by atoms with Gasteiger partial charge in [-0.1, -0.05) is 23.7 Å². The van der Waals surface area contributed by atoms with Gasteiger partial charge in [-0.05, 0) is 31.0 Å². The van der Waals surface area contributed by atoms with Crippen LogP contribution in [0.15, 0.2) is 36.7 Å². The van der Waals surface area contributed by atoms with Gasteiger partial charge in [0.1, 0.15) is 0 Å². The molecule has 2 rings (SSSR count). The zero-order chi connectivity index (χ0) is 13.8. The lowest BCUT2D eigenvalue weighted by Gasteiger charge is -2.12. The first-order chi connectivity index (χ1) is 9.10. The lowest BCUT2D eigenvalue weighted by molar-refractivity contribution is 0.0600. The highest BCUT2D eigenvalue weighted by Gasteiger charge is 2.09. The van der Waals surface area contributed by atoms with Crippen LogP contribution in [0.4, 0.5) is 0 Å². The average Bonchev–Trinajstić information content (AvgIpc) is 2.85. The lowest BCUT2D eigenvalue weighted by Crippen LogP contribution is -2.09. The Morgan fingerprint density at radius 3 is 2.63 bits per heavy atom. The normalized spacial score (nSPS) is 12.2. The summed E-state index contributed by atoms with van der Waals surface area (Å²) in [6.07, 6.45) is 4.24. The second-order valence-corrected chi connectivity index (χ2v) is 4.82.